The van der Waals surface area contributed by atoms with Crippen molar-refractivity contribution in [3.05, 3.63) is 35.4 Å². The van der Waals surface area contributed by atoms with E-state index in [0.29, 0.717) is 12.1 Å². The van der Waals surface area contributed by atoms with Crippen LogP contribution in [-0.4, -0.2) is 19.3 Å². The van der Waals surface area contributed by atoms with Crippen LogP contribution in [0.2, 0.25) is 0 Å². The molecule has 0 spiro atoms. The van der Waals surface area contributed by atoms with Gasteiger partial charge in [0.05, 0.1) is 6.10 Å². The van der Waals surface area contributed by atoms with Gasteiger partial charge in [0.25, 0.3) is 0 Å². The van der Waals surface area contributed by atoms with Crippen LogP contribution < -0.4 is 5.32 Å². The molecule has 2 heteroatoms. The zero-order chi connectivity index (χ0) is 12.1. The summed E-state index contributed by atoms with van der Waals surface area (Å²) in [5.41, 5.74) is 2.70. The predicted molar refractivity (Wildman–Crippen MR) is 71.2 cm³/mol. The Kier molecular flexibility index (Phi) is 4.57. The molecule has 1 N–H and O–H groups in total. The van der Waals surface area contributed by atoms with E-state index in [-0.39, 0.29) is 0 Å². The van der Waals surface area contributed by atoms with Crippen LogP contribution in [0.4, 0.5) is 0 Å². The first-order chi connectivity index (χ1) is 8.25. The lowest BCUT2D eigenvalue weighted by Crippen LogP contribution is -2.23. The Morgan fingerprint density at radius 1 is 1.47 bits per heavy atom. The van der Waals surface area contributed by atoms with Crippen LogP contribution in [0, 0.1) is 6.92 Å². The minimum atomic E-state index is 0.427. The third-order valence-electron chi connectivity index (χ3n) is 3.48. The van der Waals surface area contributed by atoms with Gasteiger partial charge in [-0.15, -0.1) is 0 Å². The fourth-order valence-corrected chi connectivity index (χ4v) is 2.39. The minimum absolute atomic E-state index is 0.427. The van der Waals surface area contributed by atoms with Crippen molar-refractivity contribution in [2.24, 2.45) is 0 Å². The smallest absolute Gasteiger partial charge is 0.0588 e. The first-order valence-electron chi connectivity index (χ1n) is 6.67. The van der Waals surface area contributed by atoms with Gasteiger partial charge >= 0.3 is 0 Å². The van der Waals surface area contributed by atoms with Crippen LogP contribution in [-0.2, 0) is 4.74 Å². The Hall–Kier alpha value is -0.860. The first kappa shape index (κ1) is 12.6. The van der Waals surface area contributed by atoms with Crippen molar-refractivity contribution in [3.63, 3.8) is 0 Å². The maximum atomic E-state index is 5.62. The Morgan fingerprint density at radius 3 is 3.06 bits per heavy atom. The maximum absolute atomic E-state index is 5.62. The van der Waals surface area contributed by atoms with Crippen molar-refractivity contribution >= 4 is 0 Å². The average Bonchev–Trinajstić information content (AvgIpc) is 2.82. The van der Waals surface area contributed by atoms with E-state index in [1.165, 1.54) is 24.0 Å². The summed E-state index contributed by atoms with van der Waals surface area (Å²) in [5, 5.41) is 3.57. The molecular formula is C15H23NO. The molecule has 0 aromatic heterocycles. The van der Waals surface area contributed by atoms with Gasteiger partial charge in [0.2, 0.25) is 0 Å². The van der Waals surface area contributed by atoms with Crippen LogP contribution in [0.3, 0.4) is 0 Å². The number of nitrogens with one attached hydrogen (secondary N) is 1. The lowest BCUT2D eigenvalue weighted by molar-refractivity contribution is 0.103. The van der Waals surface area contributed by atoms with Gasteiger partial charge in [-0.2, -0.15) is 0 Å². The van der Waals surface area contributed by atoms with Crippen molar-refractivity contribution in [2.45, 2.75) is 45.3 Å². The van der Waals surface area contributed by atoms with Gasteiger partial charge in [-0.1, -0.05) is 29.8 Å². The normalized spacial score (nSPS) is 21.6. The second-order valence-corrected chi connectivity index (χ2v) is 5.01. The van der Waals surface area contributed by atoms with E-state index in [4.69, 9.17) is 4.74 Å². The monoisotopic (exact) mass is 233 g/mol. The van der Waals surface area contributed by atoms with Crippen LogP contribution in [0.25, 0.3) is 0 Å². The summed E-state index contributed by atoms with van der Waals surface area (Å²) in [6, 6.07) is 9.14. The molecular weight excluding hydrogens is 210 g/mol. The zero-order valence-corrected chi connectivity index (χ0v) is 10.9. The highest BCUT2D eigenvalue weighted by molar-refractivity contribution is 5.24. The second-order valence-electron chi connectivity index (χ2n) is 5.01. The summed E-state index contributed by atoms with van der Waals surface area (Å²) in [6.07, 6.45) is 4.10. The summed E-state index contributed by atoms with van der Waals surface area (Å²) < 4.78 is 5.62. The van der Waals surface area contributed by atoms with Gasteiger partial charge < -0.3 is 10.1 Å². The molecule has 0 bridgehead atoms. The van der Waals surface area contributed by atoms with Gasteiger partial charge in [0, 0.05) is 12.6 Å². The van der Waals surface area contributed by atoms with E-state index in [2.05, 4.69) is 43.4 Å². The van der Waals surface area contributed by atoms with Crippen LogP contribution in [0.1, 0.15) is 43.4 Å². The molecule has 1 aliphatic rings. The van der Waals surface area contributed by atoms with E-state index < -0.39 is 0 Å². The molecule has 1 aliphatic heterocycles. The van der Waals surface area contributed by atoms with Crippen LogP contribution in [0.5, 0.6) is 0 Å². The van der Waals surface area contributed by atoms with Gasteiger partial charge in [0.15, 0.2) is 0 Å². The highest BCUT2D eigenvalue weighted by atomic mass is 16.5. The SMILES string of the molecule is Cc1cccc([C@@H](C)NCCC2CCCO2)c1. The van der Waals surface area contributed by atoms with Crippen molar-refractivity contribution in [1.29, 1.82) is 0 Å². The molecule has 2 rings (SSSR count). The molecule has 0 aliphatic carbocycles. The molecule has 1 aromatic carbocycles. The fraction of sp³-hybridized carbons (Fsp3) is 0.600. The molecule has 94 valence electrons. The number of rotatable bonds is 5. The number of hydrogen-bond donors (Lipinski definition) is 1. The van der Waals surface area contributed by atoms with E-state index >= 15 is 0 Å². The van der Waals surface area contributed by atoms with E-state index in [9.17, 15) is 0 Å². The molecule has 1 unspecified atom stereocenters. The Balaban J connectivity index is 1.74. The predicted octanol–water partition coefficient (Wildman–Crippen LogP) is 3.21. The Morgan fingerprint density at radius 2 is 2.35 bits per heavy atom. The Labute approximate surface area is 104 Å². The van der Waals surface area contributed by atoms with E-state index in [1.807, 2.05) is 0 Å². The molecule has 2 atom stereocenters. The molecule has 2 nitrogen and oxygen atoms in total. The molecule has 1 heterocycles. The van der Waals surface area contributed by atoms with Crippen LogP contribution >= 0.6 is 0 Å². The third kappa shape index (κ3) is 3.83. The lowest BCUT2D eigenvalue weighted by Gasteiger charge is -2.16. The van der Waals surface area contributed by atoms with Gasteiger partial charge in [0.1, 0.15) is 0 Å². The van der Waals surface area contributed by atoms with Gasteiger partial charge in [-0.3, -0.25) is 0 Å². The molecule has 0 saturated carbocycles. The molecule has 0 amide bonds. The van der Waals surface area contributed by atoms with E-state index in [1.54, 1.807) is 0 Å². The largest absolute Gasteiger partial charge is 0.378 e. The molecule has 1 saturated heterocycles. The summed E-state index contributed by atoms with van der Waals surface area (Å²) >= 11 is 0. The fourth-order valence-electron chi connectivity index (χ4n) is 2.39. The third-order valence-corrected chi connectivity index (χ3v) is 3.48. The molecule has 1 aromatic rings. The summed E-state index contributed by atoms with van der Waals surface area (Å²) in [7, 11) is 0. The number of hydrogen-bond acceptors (Lipinski definition) is 2. The van der Waals surface area contributed by atoms with Gasteiger partial charge in [-0.25, -0.2) is 0 Å². The summed E-state index contributed by atoms with van der Waals surface area (Å²) in [6.45, 7) is 6.37. The van der Waals surface area contributed by atoms with Crippen molar-refractivity contribution in [3.8, 4) is 0 Å². The standard InChI is InChI=1S/C15H23NO/c1-12-5-3-6-14(11-12)13(2)16-9-8-15-7-4-10-17-15/h3,5-6,11,13,15-16H,4,7-10H2,1-2H3/t13-,15?/m1/s1. The highest BCUT2D eigenvalue weighted by Gasteiger charge is 2.15. The van der Waals surface area contributed by atoms with Crippen LogP contribution in [0.15, 0.2) is 24.3 Å². The quantitative estimate of drug-likeness (QED) is 0.843. The summed E-state index contributed by atoms with van der Waals surface area (Å²) in [5.74, 6) is 0. The number of benzene rings is 1. The topological polar surface area (TPSA) is 21.3 Å². The average molecular weight is 233 g/mol. The molecule has 0 radical (unpaired) electrons. The molecule has 17 heavy (non-hydrogen) atoms. The number of ether oxygens (including phenoxy) is 1. The van der Waals surface area contributed by atoms with Gasteiger partial charge in [-0.05, 0) is 45.2 Å². The first-order valence-corrected chi connectivity index (χ1v) is 6.67. The zero-order valence-electron chi connectivity index (χ0n) is 10.9. The van der Waals surface area contributed by atoms with E-state index in [0.717, 1.165) is 19.6 Å². The van der Waals surface area contributed by atoms with Crippen molar-refractivity contribution < 1.29 is 4.74 Å². The second kappa shape index (κ2) is 6.18. The lowest BCUT2D eigenvalue weighted by atomic mass is 10.1. The Bertz CT molecular complexity index is 345. The molecule has 1 fully saturated rings. The minimum Gasteiger partial charge on any atom is -0.378 e. The van der Waals surface area contributed by atoms with Crippen molar-refractivity contribution in [1.82, 2.24) is 5.32 Å². The number of aryl methyl sites for hydroxylation is 1. The summed E-state index contributed by atoms with van der Waals surface area (Å²) in [4.78, 5) is 0. The highest BCUT2D eigenvalue weighted by Crippen LogP contribution is 2.16. The van der Waals surface area contributed by atoms with Crippen molar-refractivity contribution in [2.75, 3.05) is 13.2 Å². The maximum Gasteiger partial charge on any atom is 0.0588 e.